The highest BCUT2D eigenvalue weighted by atomic mass is 16.6. The third-order valence-corrected chi connectivity index (χ3v) is 6.82. The number of aliphatic hydroxyl groups excluding tert-OH is 14. The fraction of sp³-hybridized carbons (Fsp3) is 1.00. The van der Waals surface area contributed by atoms with Gasteiger partial charge in [0.05, 0.1) is 0 Å². The number of hydrogen-bond donors (Lipinski definition) is 14. The number of hydrogen-bond acceptors (Lipinski definition) is 16. The highest BCUT2D eigenvalue weighted by molar-refractivity contribution is 5.06. The van der Waals surface area contributed by atoms with E-state index < -0.39 is 110 Å². The van der Waals surface area contributed by atoms with Crippen LogP contribution >= 0.6 is 0 Å². The second-order valence-corrected chi connectivity index (χ2v) is 9.00. The first-order valence-corrected chi connectivity index (χ1v) is 10.6. The van der Waals surface area contributed by atoms with E-state index in [4.69, 9.17) is 9.47 Å². The fourth-order valence-corrected chi connectivity index (χ4v) is 4.58. The maximum Gasteiger partial charge on any atom is 0.115 e. The van der Waals surface area contributed by atoms with Crippen LogP contribution in [0.15, 0.2) is 0 Å². The Balaban J connectivity index is 1.76. The predicted molar refractivity (Wildman–Crippen MR) is 101 cm³/mol. The molecule has 12 atom stereocenters. The summed E-state index contributed by atoms with van der Waals surface area (Å²) in [6.45, 7) is 0. The van der Waals surface area contributed by atoms with Crippen molar-refractivity contribution in [3.63, 3.8) is 0 Å². The van der Waals surface area contributed by atoms with Gasteiger partial charge in [0.25, 0.3) is 0 Å². The molecule has 0 aliphatic heterocycles. The first-order valence-electron chi connectivity index (χ1n) is 10.6. The van der Waals surface area contributed by atoms with Crippen molar-refractivity contribution in [2.45, 2.75) is 110 Å². The summed E-state index contributed by atoms with van der Waals surface area (Å²) >= 11 is 0. The average molecular weight is 504 g/mol. The van der Waals surface area contributed by atoms with E-state index in [0.29, 0.717) is 0 Å². The summed E-state index contributed by atoms with van der Waals surface area (Å²) < 4.78 is 10.4. The van der Waals surface area contributed by atoms with E-state index in [1.165, 1.54) is 0 Å². The van der Waals surface area contributed by atoms with Gasteiger partial charge in [0.1, 0.15) is 110 Å². The SMILES string of the molecule is OC1C(O)C(O)C(OC2C(O)C(O)C(OC3C(O)C(O)C(O)C(O)C3O)C(O)C2O)C(O)C1O. The molecule has 0 radical (unpaired) electrons. The van der Waals surface area contributed by atoms with Crippen LogP contribution in [-0.4, -0.2) is 181 Å². The lowest BCUT2D eigenvalue weighted by molar-refractivity contribution is -0.310. The molecule has 3 aliphatic rings. The van der Waals surface area contributed by atoms with Crippen LogP contribution in [0.5, 0.6) is 0 Å². The van der Waals surface area contributed by atoms with Crippen molar-refractivity contribution in [3.8, 4) is 0 Å². The van der Waals surface area contributed by atoms with E-state index in [1.807, 2.05) is 0 Å². The van der Waals surface area contributed by atoms with Gasteiger partial charge in [-0.25, -0.2) is 0 Å². The Hall–Kier alpha value is -0.640. The Kier molecular flexibility index (Phi) is 8.53. The Morgan fingerprint density at radius 1 is 0.206 bits per heavy atom. The van der Waals surface area contributed by atoms with Crippen LogP contribution in [0.25, 0.3) is 0 Å². The first-order chi connectivity index (χ1) is 15.7. The molecule has 0 bridgehead atoms. The van der Waals surface area contributed by atoms with Crippen molar-refractivity contribution in [1.29, 1.82) is 0 Å². The summed E-state index contributed by atoms with van der Waals surface area (Å²) in [6.07, 6.45) is -36.1. The predicted octanol–water partition coefficient (Wildman–Crippen LogP) is -9.41. The van der Waals surface area contributed by atoms with E-state index in [1.54, 1.807) is 0 Å². The quantitative estimate of drug-likeness (QED) is 0.169. The van der Waals surface area contributed by atoms with E-state index in [9.17, 15) is 71.5 Å². The smallest absolute Gasteiger partial charge is 0.115 e. The van der Waals surface area contributed by atoms with E-state index in [-0.39, 0.29) is 0 Å². The van der Waals surface area contributed by atoms with Gasteiger partial charge in [-0.15, -0.1) is 0 Å². The monoisotopic (exact) mass is 504 g/mol. The lowest BCUT2D eigenvalue weighted by Gasteiger charge is -2.49. The van der Waals surface area contributed by atoms with Gasteiger partial charge in [-0.2, -0.15) is 0 Å². The molecule has 3 rings (SSSR count). The van der Waals surface area contributed by atoms with Crippen molar-refractivity contribution in [3.05, 3.63) is 0 Å². The number of ether oxygens (including phenoxy) is 2. The maximum absolute atomic E-state index is 10.5. The zero-order valence-electron chi connectivity index (χ0n) is 17.5. The second-order valence-electron chi connectivity index (χ2n) is 9.00. The Morgan fingerprint density at radius 2 is 0.324 bits per heavy atom. The minimum atomic E-state index is -2.12. The summed E-state index contributed by atoms with van der Waals surface area (Å²) in [5.74, 6) is 0. The molecule has 0 aromatic carbocycles. The first kappa shape index (κ1) is 27.9. The van der Waals surface area contributed by atoms with Gasteiger partial charge in [0, 0.05) is 0 Å². The molecular formula is C18H32O16. The Morgan fingerprint density at radius 3 is 0.500 bits per heavy atom. The van der Waals surface area contributed by atoms with Gasteiger partial charge in [0.15, 0.2) is 0 Å². The number of aliphatic hydroxyl groups is 14. The summed E-state index contributed by atoms with van der Waals surface area (Å²) in [7, 11) is 0. The largest absolute Gasteiger partial charge is 0.387 e. The van der Waals surface area contributed by atoms with Gasteiger partial charge in [-0.05, 0) is 0 Å². The Labute approximate surface area is 191 Å². The molecule has 14 N–H and O–H groups in total. The van der Waals surface area contributed by atoms with Crippen molar-refractivity contribution in [2.24, 2.45) is 0 Å². The summed E-state index contributed by atoms with van der Waals surface area (Å²) in [4.78, 5) is 0. The van der Waals surface area contributed by atoms with Crippen LogP contribution in [0.4, 0.5) is 0 Å². The molecule has 0 aromatic heterocycles. The van der Waals surface area contributed by atoms with Crippen LogP contribution in [0, 0.1) is 0 Å². The third-order valence-electron chi connectivity index (χ3n) is 6.82. The van der Waals surface area contributed by atoms with Gasteiger partial charge in [-0.3, -0.25) is 0 Å². The normalized spacial score (nSPS) is 59.1. The van der Waals surface area contributed by atoms with Crippen LogP contribution in [-0.2, 0) is 9.47 Å². The molecule has 200 valence electrons. The lowest BCUT2D eigenvalue weighted by atomic mass is 9.81. The molecule has 0 heterocycles. The molecular weight excluding hydrogens is 472 g/mol. The molecule has 0 amide bonds. The van der Waals surface area contributed by atoms with Crippen molar-refractivity contribution in [2.75, 3.05) is 0 Å². The average Bonchev–Trinajstić information content (AvgIpc) is 2.81. The van der Waals surface area contributed by atoms with Gasteiger partial charge < -0.3 is 81.0 Å². The second kappa shape index (κ2) is 10.4. The highest BCUT2D eigenvalue weighted by Crippen LogP contribution is 2.33. The number of rotatable bonds is 4. The summed E-state index contributed by atoms with van der Waals surface area (Å²) in [5.41, 5.74) is 0. The molecule has 3 aliphatic carbocycles. The zero-order valence-corrected chi connectivity index (χ0v) is 17.5. The third kappa shape index (κ3) is 4.59. The molecule has 0 saturated heterocycles. The molecule has 0 aromatic rings. The molecule has 34 heavy (non-hydrogen) atoms. The van der Waals surface area contributed by atoms with Crippen LogP contribution in [0.1, 0.15) is 0 Å². The minimum Gasteiger partial charge on any atom is -0.387 e. The van der Waals surface area contributed by atoms with Gasteiger partial charge in [0.2, 0.25) is 0 Å². The summed E-state index contributed by atoms with van der Waals surface area (Å²) in [5, 5.41) is 141. The van der Waals surface area contributed by atoms with Crippen molar-refractivity contribution >= 4 is 0 Å². The van der Waals surface area contributed by atoms with E-state index >= 15 is 0 Å². The molecule has 16 heteroatoms. The summed E-state index contributed by atoms with van der Waals surface area (Å²) in [6, 6.07) is 0. The van der Waals surface area contributed by atoms with Gasteiger partial charge >= 0.3 is 0 Å². The van der Waals surface area contributed by atoms with Gasteiger partial charge in [-0.1, -0.05) is 0 Å². The van der Waals surface area contributed by atoms with Crippen LogP contribution < -0.4 is 0 Å². The van der Waals surface area contributed by atoms with Crippen molar-refractivity contribution < 1.29 is 81.0 Å². The van der Waals surface area contributed by atoms with Crippen molar-refractivity contribution in [1.82, 2.24) is 0 Å². The minimum absolute atomic E-state index is 1.90. The zero-order chi connectivity index (χ0) is 25.8. The van der Waals surface area contributed by atoms with Crippen LogP contribution in [0.3, 0.4) is 0 Å². The van der Waals surface area contributed by atoms with E-state index in [0.717, 1.165) is 0 Å². The fourth-order valence-electron chi connectivity index (χ4n) is 4.58. The van der Waals surface area contributed by atoms with Crippen LogP contribution in [0.2, 0.25) is 0 Å². The van der Waals surface area contributed by atoms with E-state index in [2.05, 4.69) is 0 Å². The topological polar surface area (TPSA) is 302 Å². The maximum atomic E-state index is 10.5. The molecule has 3 saturated carbocycles. The molecule has 3 fully saturated rings. The molecule has 12 unspecified atom stereocenters. The molecule has 0 spiro atoms. The standard InChI is InChI=1S/C18H32O16/c19-1-3(21)7(25)15(8(26)4(1)22)33-17-11(29)13(31)18(14(32)12(17)30)34-16-9(27)5(23)2(20)6(24)10(16)28/h1-32H. The lowest BCUT2D eigenvalue weighted by Crippen LogP contribution is -2.71. The highest BCUT2D eigenvalue weighted by Gasteiger charge is 2.57. The molecule has 16 nitrogen and oxygen atoms in total. The Bertz CT molecular complexity index is 580.